The van der Waals surface area contributed by atoms with Crippen LogP contribution < -0.4 is 10.5 Å². The van der Waals surface area contributed by atoms with Crippen molar-refractivity contribution in [2.75, 3.05) is 7.11 Å². The van der Waals surface area contributed by atoms with Gasteiger partial charge in [-0.3, -0.25) is 4.68 Å². The Bertz CT molecular complexity index is 301. The van der Waals surface area contributed by atoms with E-state index >= 15 is 0 Å². The summed E-state index contributed by atoms with van der Waals surface area (Å²) in [6.07, 6.45) is 7.73. The Morgan fingerprint density at radius 3 is 2.71 bits per heavy atom. The van der Waals surface area contributed by atoms with Crippen LogP contribution in [0.4, 0.5) is 0 Å². The van der Waals surface area contributed by atoms with Gasteiger partial charge in [0.15, 0.2) is 5.75 Å². The van der Waals surface area contributed by atoms with Gasteiger partial charge in [0.2, 0.25) is 0 Å². The van der Waals surface area contributed by atoms with E-state index in [1.165, 1.54) is 25.7 Å². The quantitative estimate of drug-likeness (QED) is 0.710. The molecular formula is C13H25N3O. The van der Waals surface area contributed by atoms with E-state index in [9.17, 15) is 0 Å². The second-order valence-corrected chi connectivity index (χ2v) is 4.37. The average molecular weight is 239 g/mol. The standard InChI is InChI=1S/C13H25N3O/c1-4-6-7-8-9-11(14)13-12(17-3)10-15-16(13)5-2/h10-11H,4-9,14H2,1-3H3. The predicted octanol–water partition coefficient (Wildman–Crippen LogP) is 2.88. The van der Waals surface area contributed by atoms with Crippen LogP contribution >= 0.6 is 0 Å². The van der Waals surface area contributed by atoms with Gasteiger partial charge in [-0.15, -0.1) is 0 Å². The summed E-state index contributed by atoms with van der Waals surface area (Å²) in [6, 6.07) is 0.0317. The number of nitrogens with two attached hydrogens (primary N) is 1. The smallest absolute Gasteiger partial charge is 0.161 e. The molecule has 0 spiro atoms. The zero-order valence-electron chi connectivity index (χ0n) is 11.3. The summed E-state index contributed by atoms with van der Waals surface area (Å²) >= 11 is 0. The number of unbranched alkanes of at least 4 members (excludes halogenated alkanes) is 3. The highest BCUT2D eigenvalue weighted by atomic mass is 16.5. The zero-order chi connectivity index (χ0) is 12.7. The first-order valence-corrected chi connectivity index (χ1v) is 6.59. The van der Waals surface area contributed by atoms with Crippen LogP contribution in [0.3, 0.4) is 0 Å². The number of rotatable bonds is 8. The molecule has 0 fully saturated rings. The van der Waals surface area contributed by atoms with Gasteiger partial charge in [-0.1, -0.05) is 32.6 Å². The van der Waals surface area contributed by atoms with Gasteiger partial charge < -0.3 is 10.5 Å². The molecule has 1 unspecified atom stereocenters. The van der Waals surface area contributed by atoms with Crippen molar-refractivity contribution < 1.29 is 4.74 Å². The molecule has 4 nitrogen and oxygen atoms in total. The van der Waals surface area contributed by atoms with Gasteiger partial charge in [-0.2, -0.15) is 5.10 Å². The highest BCUT2D eigenvalue weighted by Crippen LogP contribution is 2.26. The Hall–Kier alpha value is -1.03. The summed E-state index contributed by atoms with van der Waals surface area (Å²) in [5, 5.41) is 4.28. The summed E-state index contributed by atoms with van der Waals surface area (Å²) in [5.41, 5.74) is 7.27. The number of methoxy groups -OCH3 is 1. The first-order valence-electron chi connectivity index (χ1n) is 6.59. The summed E-state index contributed by atoms with van der Waals surface area (Å²) < 4.78 is 7.25. The molecule has 0 saturated heterocycles. The Kier molecular flexibility index (Phi) is 6.05. The maximum absolute atomic E-state index is 6.23. The third-order valence-electron chi connectivity index (χ3n) is 3.08. The summed E-state index contributed by atoms with van der Waals surface area (Å²) in [7, 11) is 1.67. The van der Waals surface area contributed by atoms with Crippen molar-refractivity contribution in [3.05, 3.63) is 11.9 Å². The number of hydrogen-bond donors (Lipinski definition) is 1. The van der Waals surface area contributed by atoms with Crippen molar-refractivity contribution in [2.45, 2.75) is 58.5 Å². The van der Waals surface area contributed by atoms with Crippen molar-refractivity contribution in [1.29, 1.82) is 0 Å². The van der Waals surface area contributed by atoms with E-state index in [-0.39, 0.29) is 6.04 Å². The van der Waals surface area contributed by atoms with Crippen molar-refractivity contribution in [3.63, 3.8) is 0 Å². The van der Waals surface area contributed by atoms with E-state index in [1.54, 1.807) is 13.3 Å². The molecule has 4 heteroatoms. The minimum atomic E-state index is 0.0317. The fourth-order valence-corrected chi connectivity index (χ4v) is 2.09. The molecule has 17 heavy (non-hydrogen) atoms. The predicted molar refractivity (Wildman–Crippen MR) is 70.1 cm³/mol. The number of ether oxygens (including phenoxy) is 1. The highest BCUT2D eigenvalue weighted by molar-refractivity contribution is 5.28. The molecule has 2 N–H and O–H groups in total. The van der Waals surface area contributed by atoms with Gasteiger partial charge >= 0.3 is 0 Å². The first-order chi connectivity index (χ1) is 8.24. The van der Waals surface area contributed by atoms with Gasteiger partial charge in [0.25, 0.3) is 0 Å². The number of nitrogens with zero attached hydrogens (tertiary/aromatic N) is 2. The second kappa shape index (κ2) is 7.33. The molecule has 0 radical (unpaired) electrons. The normalized spacial score (nSPS) is 12.7. The topological polar surface area (TPSA) is 53.1 Å². The largest absolute Gasteiger partial charge is 0.493 e. The van der Waals surface area contributed by atoms with Crippen LogP contribution in [0, 0.1) is 0 Å². The minimum Gasteiger partial charge on any atom is -0.493 e. The Balaban J connectivity index is 2.60. The van der Waals surface area contributed by atoms with E-state index in [1.807, 2.05) is 4.68 Å². The van der Waals surface area contributed by atoms with Crippen LogP contribution in [-0.2, 0) is 6.54 Å². The molecule has 0 aliphatic carbocycles. The molecule has 0 bridgehead atoms. The van der Waals surface area contributed by atoms with Crippen LogP contribution in [0.15, 0.2) is 6.20 Å². The van der Waals surface area contributed by atoms with Crippen molar-refractivity contribution in [1.82, 2.24) is 9.78 Å². The van der Waals surface area contributed by atoms with Gasteiger partial charge in [-0.05, 0) is 13.3 Å². The summed E-state index contributed by atoms with van der Waals surface area (Å²) in [5.74, 6) is 0.815. The third-order valence-corrected chi connectivity index (χ3v) is 3.08. The lowest BCUT2D eigenvalue weighted by Crippen LogP contribution is -2.16. The molecule has 0 saturated carbocycles. The SMILES string of the molecule is CCCCCCC(N)c1c(OC)cnn1CC. The molecule has 0 aromatic carbocycles. The first kappa shape index (κ1) is 14.0. The molecular weight excluding hydrogens is 214 g/mol. The van der Waals surface area contributed by atoms with Gasteiger partial charge in [-0.25, -0.2) is 0 Å². The van der Waals surface area contributed by atoms with Crippen molar-refractivity contribution in [2.24, 2.45) is 5.73 Å². The molecule has 0 aliphatic rings. The van der Waals surface area contributed by atoms with Gasteiger partial charge in [0.05, 0.1) is 25.0 Å². The van der Waals surface area contributed by atoms with E-state index in [0.29, 0.717) is 0 Å². The van der Waals surface area contributed by atoms with E-state index < -0.39 is 0 Å². The highest BCUT2D eigenvalue weighted by Gasteiger charge is 2.17. The zero-order valence-corrected chi connectivity index (χ0v) is 11.3. The maximum Gasteiger partial charge on any atom is 0.161 e. The van der Waals surface area contributed by atoms with Crippen molar-refractivity contribution in [3.8, 4) is 5.75 Å². The fraction of sp³-hybridized carbons (Fsp3) is 0.769. The number of aryl methyl sites for hydroxylation is 1. The second-order valence-electron chi connectivity index (χ2n) is 4.37. The fourth-order valence-electron chi connectivity index (χ4n) is 2.09. The Morgan fingerprint density at radius 2 is 2.12 bits per heavy atom. The Labute approximate surface area is 104 Å². The summed E-state index contributed by atoms with van der Waals surface area (Å²) in [4.78, 5) is 0. The lowest BCUT2D eigenvalue weighted by Gasteiger charge is -2.14. The Morgan fingerprint density at radius 1 is 1.35 bits per heavy atom. The van der Waals surface area contributed by atoms with E-state index in [4.69, 9.17) is 10.5 Å². The number of aromatic nitrogens is 2. The molecule has 1 aromatic heterocycles. The lowest BCUT2D eigenvalue weighted by molar-refractivity contribution is 0.397. The van der Waals surface area contributed by atoms with Crippen LogP contribution in [0.1, 0.15) is 57.7 Å². The number of hydrogen-bond acceptors (Lipinski definition) is 3. The minimum absolute atomic E-state index is 0.0317. The van der Waals surface area contributed by atoms with Crippen LogP contribution in [0.2, 0.25) is 0 Å². The van der Waals surface area contributed by atoms with Crippen LogP contribution in [-0.4, -0.2) is 16.9 Å². The van der Waals surface area contributed by atoms with E-state index in [0.717, 1.165) is 24.4 Å². The van der Waals surface area contributed by atoms with Gasteiger partial charge in [0.1, 0.15) is 0 Å². The van der Waals surface area contributed by atoms with Gasteiger partial charge in [0, 0.05) is 6.54 Å². The average Bonchev–Trinajstić information content (AvgIpc) is 2.77. The third kappa shape index (κ3) is 3.73. The van der Waals surface area contributed by atoms with Crippen molar-refractivity contribution >= 4 is 0 Å². The molecule has 98 valence electrons. The van der Waals surface area contributed by atoms with Crippen LogP contribution in [0.25, 0.3) is 0 Å². The lowest BCUT2D eigenvalue weighted by atomic mass is 10.0. The van der Waals surface area contributed by atoms with Crippen LogP contribution in [0.5, 0.6) is 5.75 Å². The monoisotopic (exact) mass is 239 g/mol. The maximum atomic E-state index is 6.23. The molecule has 1 heterocycles. The molecule has 0 aliphatic heterocycles. The molecule has 1 aromatic rings. The molecule has 1 rings (SSSR count). The molecule has 0 amide bonds. The molecule has 1 atom stereocenters. The van der Waals surface area contributed by atoms with E-state index in [2.05, 4.69) is 18.9 Å². The summed E-state index contributed by atoms with van der Waals surface area (Å²) in [6.45, 7) is 5.12.